The van der Waals surface area contributed by atoms with E-state index in [9.17, 15) is 26.4 Å². The molecular weight excluding hydrogens is 397 g/mol. The van der Waals surface area contributed by atoms with Gasteiger partial charge in [0.15, 0.2) is 0 Å². The van der Waals surface area contributed by atoms with Crippen molar-refractivity contribution in [1.82, 2.24) is 4.72 Å². The second kappa shape index (κ2) is 9.07. The summed E-state index contributed by atoms with van der Waals surface area (Å²) < 4.78 is 67.0. The van der Waals surface area contributed by atoms with Crippen LogP contribution < -0.4 is 14.8 Å². The van der Waals surface area contributed by atoms with E-state index < -0.39 is 22.7 Å². The fourth-order valence-electron chi connectivity index (χ4n) is 2.17. The SMILES string of the molecule is Cc1cccc(OCCC(=O)Nc2ccc(S(=O)(=O)NCC(F)(F)F)cc2)c1. The zero-order chi connectivity index (χ0) is 20.8. The summed E-state index contributed by atoms with van der Waals surface area (Å²) in [6.45, 7) is 0.417. The molecule has 0 saturated carbocycles. The van der Waals surface area contributed by atoms with E-state index in [0.29, 0.717) is 11.4 Å². The van der Waals surface area contributed by atoms with Gasteiger partial charge in [-0.15, -0.1) is 0 Å². The van der Waals surface area contributed by atoms with Crippen LogP contribution in [0.1, 0.15) is 12.0 Å². The molecule has 152 valence electrons. The first-order valence-corrected chi connectivity index (χ1v) is 9.69. The molecular formula is C18H19F3N2O4S. The first-order chi connectivity index (χ1) is 13.0. The number of sulfonamides is 1. The maximum atomic E-state index is 12.2. The first-order valence-electron chi connectivity index (χ1n) is 8.21. The first kappa shape index (κ1) is 21.7. The summed E-state index contributed by atoms with van der Waals surface area (Å²) in [6.07, 6.45) is -4.58. The third-order valence-electron chi connectivity index (χ3n) is 3.50. The molecule has 0 radical (unpaired) electrons. The smallest absolute Gasteiger partial charge is 0.402 e. The van der Waals surface area contributed by atoms with Gasteiger partial charge in [0, 0.05) is 5.69 Å². The van der Waals surface area contributed by atoms with Crippen molar-refractivity contribution in [3.05, 3.63) is 54.1 Å². The highest BCUT2D eigenvalue weighted by Gasteiger charge is 2.30. The molecule has 0 fully saturated rings. The topological polar surface area (TPSA) is 84.5 Å². The number of benzene rings is 2. The number of rotatable bonds is 8. The summed E-state index contributed by atoms with van der Waals surface area (Å²) in [6, 6.07) is 12.2. The van der Waals surface area contributed by atoms with Crippen LogP contribution in [0.4, 0.5) is 18.9 Å². The predicted octanol–water partition coefficient (Wildman–Crippen LogP) is 3.24. The number of hydrogen-bond donors (Lipinski definition) is 2. The largest absolute Gasteiger partial charge is 0.493 e. The molecule has 0 unspecified atom stereocenters. The number of carbonyl (C=O) groups is 1. The molecule has 0 atom stereocenters. The van der Waals surface area contributed by atoms with Gasteiger partial charge in [-0.05, 0) is 48.9 Å². The molecule has 28 heavy (non-hydrogen) atoms. The van der Waals surface area contributed by atoms with Gasteiger partial charge in [0.1, 0.15) is 12.3 Å². The number of halogens is 3. The lowest BCUT2D eigenvalue weighted by atomic mass is 10.2. The van der Waals surface area contributed by atoms with Crippen LogP contribution in [0, 0.1) is 6.92 Å². The van der Waals surface area contributed by atoms with Gasteiger partial charge in [-0.3, -0.25) is 4.79 Å². The Labute approximate surface area is 160 Å². The fourth-order valence-corrected chi connectivity index (χ4v) is 3.18. The van der Waals surface area contributed by atoms with Crippen LogP contribution in [-0.2, 0) is 14.8 Å². The Morgan fingerprint density at radius 3 is 2.39 bits per heavy atom. The Morgan fingerprint density at radius 1 is 1.11 bits per heavy atom. The van der Waals surface area contributed by atoms with Crippen molar-refractivity contribution in [2.45, 2.75) is 24.4 Å². The van der Waals surface area contributed by atoms with Gasteiger partial charge in [0.25, 0.3) is 0 Å². The number of alkyl halides is 3. The number of hydrogen-bond acceptors (Lipinski definition) is 4. The Bertz CT molecular complexity index is 913. The van der Waals surface area contributed by atoms with Crippen molar-refractivity contribution in [2.75, 3.05) is 18.5 Å². The Hall–Kier alpha value is -2.59. The highest BCUT2D eigenvalue weighted by atomic mass is 32.2. The molecule has 0 saturated heterocycles. The van der Waals surface area contributed by atoms with E-state index >= 15 is 0 Å². The van der Waals surface area contributed by atoms with Gasteiger partial charge < -0.3 is 10.1 Å². The second-order valence-electron chi connectivity index (χ2n) is 5.93. The third kappa shape index (κ3) is 7.20. The standard InChI is InChI=1S/C18H19F3N2O4S/c1-13-3-2-4-15(11-13)27-10-9-17(24)23-14-5-7-16(8-6-14)28(25,26)22-12-18(19,20)21/h2-8,11,22H,9-10,12H2,1H3,(H,23,24). The average Bonchev–Trinajstić information content (AvgIpc) is 2.60. The molecule has 0 heterocycles. The van der Waals surface area contributed by atoms with Crippen LogP contribution in [0.2, 0.25) is 0 Å². The van der Waals surface area contributed by atoms with E-state index in [-0.39, 0.29) is 23.8 Å². The molecule has 2 N–H and O–H groups in total. The molecule has 0 aliphatic heterocycles. The molecule has 10 heteroatoms. The van der Waals surface area contributed by atoms with E-state index in [1.54, 1.807) is 6.07 Å². The number of carbonyl (C=O) groups excluding carboxylic acids is 1. The van der Waals surface area contributed by atoms with Gasteiger partial charge in [0.05, 0.1) is 17.9 Å². The van der Waals surface area contributed by atoms with E-state index in [2.05, 4.69) is 5.32 Å². The van der Waals surface area contributed by atoms with E-state index in [1.807, 2.05) is 25.1 Å². The monoisotopic (exact) mass is 416 g/mol. The second-order valence-corrected chi connectivity index (χ2v) is 7.69. The Kier molecular flexibility index (Phi) is 7.03. The van der Waals surface area contributed by atoms with Gasteiger partial charge >= 0.3 is 6.18 Å². The van der Waals surface area contributed by atoms with Gasteiger partial charge in [-0.1, -0.05) is 12.1 Å². The highest BCUT2D eigenvalue weighted by Crippen LogP contribution is 2.17. The van der Waals surface area contributed by atoms with E-state index in [1.165, 1.54) is 16.9 Å². The van der Waals surface area contributed by atoms with Crippen LogP contribution in [0.3, 0.4) is 0 Å². The lowest BCUT2D eigenvalue weighted by molar-refractivity contribution is -0.121. The van der Waals surface area contributed by atoms with Crippen molar-refractivity contribution in [3.8, 4) is 5.75 Å². The van der Waals surface area contributed by atoms with Crippen LogP contribution in [0.5, 0.6) is 5.75 Å². The summed E-state index contributed by atoms with van der Waals surface area (Å²) >= 11 is 0. The maximum absolute atomic E-state index is 12.2. The quantitative estimate of drug-likeness (QED) is 0.692. The van der Waals surface area contributed by atoms with Gasteiger partial charge in [-0.25, -0.2) is 13.1 Å². The molecule has 1 amide bonds. The van der Waals surface area contributed by atoms with Crippen molar-refractivity contribution in [3.63, 3.8) is 0 Å². The molecule has 2 aromatic carbocycles. The number of anilines is 1. The lowest BCUT2D eigenvalue weighted by Crippen LogP contribution is -2.33. The van der Waals surface area contributed by atoms with Gasteiger partial charge in [0.2, 0.25) is 15.9 Å². The minimum Gasteiger partial charge on any atom is -0.493 e. The fraction of sp³-hybridized carbons (Fsp3) is 0.278. The van der Waals surface area contributed by atoms with Crippen LogP contribution in [0.15, 0.2) is 53.4 Å². The summed E-state index contributed by atoms with van der Waals surface area (Å²) in [5.74, 6) is 0.298. The summed E-state index contributed by atoms with van der Waals surface area (Å²) in [5, 5.41) is 2.56. The molecule has 2 aromatic rings. The molecule has 0 aliphatic carbocycles. The predicted molar refractivity (Wildman–Crippen MR) is 97.6 cm³/mol. The normalized spacial score (nSPS) is 11.9. The van der Waals surface area contributed by atoms with Crippen molar-refractivity contribution < 1.29 is 31.1 Å². The number of ether oxygens (including phenoxy) is 1. The number of aryl methyl sites for hydroxylation is 1. The summed E-state index contributed by atoms with van der Waals surface area (Å²) in [5.41, 5.74) is 1.34. The molecule has 0 spiro atoms. The van der Waals surface area contributed by atoms with Crippen molar-refractivity contribution in [1.29, 1.82) is 0 Å². The summed E-state index contributed by atoms with van der Waals surface area (Å²) in [4.78, 5) is 11.6. The zero-order valence-corrected chi connectivity index (χ0v) is 15.7. The van der Waals surface area contributed by atoms with Gasteiger partial charge in [-0.2, -0.15) is 13.2 Å². The Balaban J connectivity index is 1.85. The summed E-state index contributed by atoms with van der Waals surface area (Å²) in [7, 11) is -4.29. The van der Waals surface area contributed by atoms with Crippen molar-refractivity contribution >= 4 is 21.6 Å². The lowest BCUT2D eigenvalue weighted by Gasteiger charge is -2.10. The number of amides is 1. The molecule has 2 rings (SSSR count). The number of nitrogens with one attached hydrogen (secondary N) is 2. The maximum Gasteiger partial charge on any atom is 0.402 e. The average molecular weight is 416 g/mol. The zero-order valence-electron chi connectivity index (χ0n) is 14.9. The minimum atomic E-state index is -4.65. The van der Waals surface area contributed by atoms with E-state index in [0.717, 1.165) is 17.7 Å². The van der Waals surface area contributed by atoms with Crippen LogP contribution >= 0.6 is 0 Å². The molecule has 0 bridgehead atoms. The van der Waals surface area contributed by atoms with Crippen LogP contribution in [-0.4, -0.2) is 33.7 Å². The van der Waals surface area contributed by atoms with Crippen LogP contribution in [0.25, 0.3) is 0 Å². The molecule has 0 aromatic heterocycles. The van der Waals surface area contributed by atoms with E-state index in [4.69, 9.17) is 4.74 Å². The minimum absolute atomic E-state index is 0.0706. The third-order valence-corrected chi connectivity index (χ3v) is 4.92. The molecule has 6 nitrogen and oxygen atoms in total. The molecule has 0 aliphatic rings. The Morgan fingerprint density at radius 2 is 1.79 bits per heavy atom. The van der Waals surface area contributed by atoms with Crippen molar-refractivity contribution in [2.24, 2.45) is 0 Å². The highest BCUT2D eigenvalue weighted by molar-refractivity contribution is 7.89.